The number of methoxy groups -OCH3 is 1. The van der Waals surface area contributed by atoms with Gasteiger partial charge in [0.25, 0.3) is 0 Å². The number of hydrogen-bond acceptors (Lipinski definition) is 4. The Morgan fingerprint density at radius 3 is 2.29 bits per heavy atom. The number of nitrogens with one attached hydrogen (secondary N) is 2. The van der Waals surface area contributed by atoms with Gasteiger partial charge in [0.15, 0.2) is 0 Å². The molecule has 0 heterocycles. The van der Waals surface area contributed by atoms with Gasteiger partial charge in [0.2, 0.25) is 15.9 Å². The Balaban J connectivity index is 2.33. The number of carbonyl (C=O) groups is 1. The molecular weight excluding hydrogens is 412 g/mol. The third kappa shape index (κ3) is 7.36. The number of sulfonamides is 1. The molecule has 0 bridgehead atoms. The highest BCUT2D eigenvalue weighted by Gasteiger charge is 2.28. The van der Waals surface area contributed by atoms with Crippen LogP contribution in [0.5, 0.6) is 5.75 Å². The summed E-state index contributed by atoms with van der Waals surface area (Å²) in [5.74, 6) is 0.495. The molecule has 1 atom stereocenters. The Bertz CT molecular complexity index is 957. The lowest BCUT2D eigenvalue weighted by molar-refractivity contribution is -0.122. The van der Waals surface area contributed by atoms with Crippen LogP contribution in [0, 0.1) is 5.92 Å². The SMILES string of the molecule is COc1ccc(C(C)C)cc1S(=O)(=O)NC(Cc1ccccc1)C(=O)NCCC(C)C. The monoisotopic (exact) mass is 446 g/mol. The van der Waals surface area contributed by atoms with Crippen LogP contribution in [0.2, 0.25) is 0 Å². The summed E-state index contributed by atoms with van der Waals surface area (Å²) >= 11 is 0. The van der Waals surface area contributed by atoms with E-state index in [1.165, 1.54) is 7.11 Å². The second kappa shape index (κ2) is 11.3. The van der Waals surface area contributed by atoms with Gasteiger partial charge in [0, 0.05) is 6.54 Å². The van der Waals surface area contributed by atoms with Crippen molar-refractivity contribution in [3.8, 4) is 5.75 Å². The van der Waals surface area contributed by atoms with Crippen molar-refractivity contribution in [1.82, 2.24) is 10.0 Å². The number of rotatable bonds is 11. The lowest BCUT2D eigenvalue weighted by Gasteiger charge is -2.20. The number of ether oxygens (including phenoxy) is 1. The Kier molecular flexibility index (Phi) is 9.07. The zero-order valence-corrected chi connectivity index (χ0v) is 19.8. The summed E-state index contributed by atoms with van der Waals surface area (Å²) in [5, 5.41) is 2.87. The van der Waals surface area contributed by atoms with Crippen LogP contribution in [0.25, 0.3) is 0 Å². The van der Waals surface area contributed by atoms with Gasteiger partial charge in [-0.2, -0.15) is 4.72 Å². The molecule has 0 aliphatic heterocycles. The fourth-order valence-corrected chi connectivity index (χ4v) is 4.56. The van der Waals surface area contributed by atoms with Crippen LogP contribution in [0.1, 0.15) is 51.2 Å². The normalized spacial score (nSPS) is 12.7. The van der Waals surface area contributed by atoms with Crippen molar-refractivity contribution >= 4 is 15.9 Å². The highest BCUT2D eigenvalue weighted by atomic mass is 32.2. The third-order valence-corrected chi connectivity index (χ3v) is 6.55. The molecule has 0 aliphatic rings. The van der Waals surface area contributed by atoms with Gasteiger partial charge in [-0.25, -0.2) is 8.42 Å². The number of amides is 1. The molecule has 170 valence electrons. The first kappa shape index (κ1) is 24.9. The molecule has 6 nitrogen and oxygen atoms in total. The molecule has 0 spiro atoms. The fraction of sp³-hybridized carbons (Fsp3) is 0.458. The first-order chi connectivity index (χ1) is 14.6. The van der Waals surface area contributed by atoms with Crippen molar-refractivity contribution in [2.75, 3.05) is 13.7 Å². The molecule has 0 saturated heterocycles. The van der Waals surface area contributed by atoms with E-state index < -0.39 is 16.1 Å². The van der Waals surface area contributed by atoms with Crippen molar-refractivity contribution < 1.29 is 17.9 Å². The topological polar surface area (TPSA) is 84.5 Å². The molecule has 31 heavy (non-hydrogen) atoms. The van der Waals surface area contributed by atoms with Gasteiger partial charge in [0.05, 0.1) is 7.11 Å². The highest BCUT2D eigenvalue weighted by molar-refractivity contribution is 7.89. The standard InChI is InChI=1S/C24H34N2O4S/c1-17(2)13-14-25-24(27)21(15-19-9-7-6-8-10-19)26-31(28,29)23-16-20(18(3)4)11-12-22(23)30-5/h6-12,16-18,21,26H,13-15H2,1-5H3,(H,25,27). The molecule has 1 amide bonds. The maximum absolute atomic E-state index is 13.3. The molecule has 0 radical (unpaired) electrons. The van der Waals surface area contributed by atoms with Crippen molar-refractivity contribution in [3.63, 3.8) is 0 Å². The first-order valence-corrected chi connectivity index (χ1v) is 12.1. The van der Waals surface area contributed by atoms with Crippen molar-refractivity contribution in [3.05, 3.63) is 59.7 Å². The van der Waals surface area contributed by atoms with Crippen LogP contribution in [0.3, 0.4) is 0 Å². The number of hydrogen-bond donors (Lipinski definition) is 2. The van der Waals surface area contributed by atoms with Gasteiger partial charge in [-0.05, 0) is 47.9 Å². The Labute approximate surface area is 186 Å². The zero-order valence-electron chi connectivity index (χ0n) is 19.0. The molecule has 2 N–H and O–H groups in total. The molecule has 2 rings (SSSR count). The largest absolute Gasteiger partial charge is 0.495 e. The van der Waals surface area contributed by atoms with E-state index in [0.717, 1.165) is 17.5 Å². The maximum atomic E-state index is 13.3. The summed E-state index contributed by atoms with van der Waals surface area (Å²) in [6, 6.07) is 13.5. The molecule has 0 aromatic heterocycles. The Hall–Kier alpha value is -2.38. The lowest BCUT2D eigenvalue weighted by atomic mass is 10.0. The van der Waals surface area contributed by atoms with Crippen LogP contribution in [0.4, 0.5) is 0 Å². The summed E-state index contributed by atoms with van der Waals surface area (Å²) in [6.45, 7) is 8.63. The van der Waals surface area contributed by atoms with Crippen molar-refractivity contribution in [1.29, 1.82) is 0 Å². The zero-order chi connectivity index (χ0) is 23.0. The summed E-state index contributed by atoms with van der Waals surface area (Å²) in [7, 11) is -2.57. The van der Waals surface area contributed by atoms with Gasteiger partial charge in [-0.1, -0.05) is 64.1 Å². The highest BCUT2D eigenvalue weighted by Crippen LogP contribution is 2.28. The van der Waals surface area contributed by atoms with E-state index in [1.54, 1.807) is 12.1 Å². The van der Waals surface area contributed by atoms with Gasteiger partial charge in [-0.15, -0.1) is 0 Å². The van der Waals surface area contributed by atoms with Crippen molar-refractivity contribution in [2.24, 2.45) is 5.92 Å². The van der Waals surface area contributed by atoms with Crippen LogP contribution >= 0.6 is 0 Å². The number of benzene rings is 2. The van der Waals surface area contributed by atoms with E-state index in [-0.39, 0.29) is 28.9 Å². The van der Waals surface area contributed by atoms with Crippen LogP contribution in [-0.2, 0) is 21.2 Å². The first-order valence-electron chi connectivity index (χ1n) is 10.7. The predicted octanol–water partition coefficient (Wildman–Crippen LogP) is 3.87. The van der Waals surface area contributed by atoms with Gasteiger partial charge < -0.3 is 10.1 Å². The quantitative estimate of drug-likeness (QED) is 0.549. The van der Waals surface area contributed by atoms with Gasteiger partial charge in [-0.3, -0.25) is 4.79 Å². The Morgan fingerprint density at radius 1 is 1.03 bits per heavy atom. The molecule has 0 saturated carbocycles. The van der Waals surface area contributed by atoms with Crippen molar-refractivity contribution in [2.45, 2.75) is 57.4 Å². The minimum absolute atomic E-state index is 0.0363. The second-order valence-electron chi connectivity index (χ2n) is 8.40. The molecule has 1 unspecified atom stereocenters. The van der Waals surface area contributed by atoms with E-state index in [2.05, 4.69) is 23.9 Å². The minimum Gasteiger partial charge on any atom is -0.495 e. The average Bonchev–Trinajstić information content (AvgIpc) is 2.73. The van der Waals surface area contributed by atoms with E-state index >= 15 is 0 Å². The van der Waals surface area contributed by atoms with E-state index in [4.69, 9.17) is 4.74 Å². The maximum Gasteiger partial charge on any atom is 0.245 e. The van der Waals surface area contributed by atoms with Crippen LogP contribution in [-0.4, -0.2) is 34.0 Å². The molecule has 7 heteroatoms. The Morgan fingerprint density at radius 2 is 1.71 bits per heavy atom. The molecule has 2 aromatic carbocycles. The number of carbonyl (C=O) groups excluding carboxylic acids is 1. The lowest BCUT2D eigenvalue weighted by Crippen LogP contribution is -2.48. The molecule has 2 aromatic rings. The summed E-state index contributed by atoms with van der Waals surface area (Å²) < 4.78 is 34.5. The molecular formula is C24H34N2O4S. The summed E-state index contributed by atoms with van der Waals surface area (Å²) in [4.78, 5) is 12.9. The van der Waals surface area contributed by atoms with Gasteiger partial charge >= 0.3 is 0 Å². The van der Waals surface area contributed by atoms with Gasteiger partial charge in [0.1, 0.15) is 16.7 Å². The fourth-order valence-electron chi connectivity index (χ4n) is 3.16. The average molecular weight is 447 g/mol. The van der Waals surface area contributed by atoms with Crippen LogP contribution in [0.15, 0.2) is 53.4 Å². The molecule has 0 fully saturated rings. The summed E-state index contributed by atoms with van der Waals surface area (Å²) in [5.41, 5.74) is 1.75. The van der Waals surface area contributed by atoms with Crippen LogP contribution < -0.4 is 14.8 Å². The molecule has 0 aliphatic carbocycles. The minimum atomic E-state index is -4.00. The summed E-state index contributed by atoms with van der Waals surface area (Å²) in [6.07, 6.45) is 1.07. The predicted molar refractivity (Wildman–Crippen MR) is 124 cm³/mol. The third-order valence-electron chi connectivity index (χ3n) is 5.06. The van der Waals surface area contributed by atoms with E-state index in [0.29, 0.717) is 12.5 Å². The van der Waals surface area contributed by atoms with E-state index in [9.17, 15) is 13.2 Å². The second-order valence-corrected chi connectivity index (χ2v) is 10.1. The van der Waals surface area contributed by atoms with E-state index in [1.807, 2.05) is 50.2 Å². The smallest absolute Gasteiger partial charge is 0.245 e.